The highest BCUT2D eigenvalue weighted by Crippen LogP contribution is 2.39. The molecule has 1 fully saturated rings. The molecule has 28 heavy (non-hydrogen) atoms. The first kappa shape index (κ1) is 18.9. The topological polar surface area (TPSA) is 53.3 Å². The smallest absolute Gasteiger partial charge is 0.170 e. The number of halogens is 1. The van der Waals surface area contributed by atoms with Crippen molar-refractivity contribution >= 4 is 28.9 Å². The molecule has 1 aromatic carbocycles. The second-order valence-corrected chi connectivity index (χ2v) is 7.50. The van der Waals surface area contributed by atoms with Gasteiger partial charge in [-0.05, 0) is 61.1 Å². The van der Waals surface area contributed by atoms with Gasteiger partial charge in [0.25, 0.3) is 0 Å². The summed E-state index contributed by atoms with van der Waals surface area (Å²) in [6, 6.07) is 17.7. The van der Waals surface area contributed by atoms with Crippen LogP contribution in [0.15, 0.2) is 67.0 Å². The van der Waals surface area contributed by atoms with Gasteiger partial charge in [0.05, 0.1) is 17.8 Å². The molecule has 0 amide bonds. The van der Waals surface area contributed by atoms with E-state index in [9.17, 15) is 5.11 Å². The van der Waals surface area contributed by atoms with Crippen LogP contribution in [0.4, 0.5) is 0 Å². The van der Waals surface area contributed by atoms with Crippen LogP contribution in [0.2, 0.25) is 5.02 Å². The Morgan fingerprint density at radius 1 is 1.14 bits per heavy atom. The van der Waals surface area contributed by atoms with Crippen LogP contribution < -0.4 is 5.32 Å². The molecule has 1 aliphatic heterocycles. The van der Waals surface area contributed by atoms with E-state index in [0.29, 0.717) is 23.1 Å². The van der Waals surface area contributed by atoms with Crippen molar-refractivity contribution in [1.29, 1.82) is 0 Å². The molecule has 4 rings (SSSR count). The monoisotopic (exact) mass is 412 g/mol. The highest BCUT2D eigenvalue weighted by molar-refractivity contribution is 7.80. The standard InChI is InChI=1S/C21H21ClN4OS/c22-15-6-3-7-16(14-15)25-11-4-9-18(25)20-19(17-8-1-2-10-23-17)24-21(28)26(20)12-5-13-27/h1-4,6-11,14,19-20,27H,5,12-13H2,(H,24,28)/t19-,20-/m0/s1. The third-order valence-electron chi connectivity index (χ3n) is 4.92. The Kier molecular flexibility index (Phi) is 5.62. The van der Waals surface area contributed by atoms with Crippen LogP contribution in [-0.2, 0) is 0 Å². The van der Waals surface area contributed by atoms with E-state index in [1.807, 2.05) is 54.7 Å². The summed E-state index contributed by atoms with van der Waals surface area (Å²) in [5, 5.41) is 14.1. The number of thiocarbonyl (C=S) groups is 1. The van der Waals surface area contributed by atoms with Crippen molar-refractivity contribution in [2.24, 2.45) is 0 Å². The van der Waals surface area contributed by atoms with E-state index in [-0.39, 0.29) is 18.7 Å². The van der Waals surface area contributed by atoms with E-state index in [1.54, 1.807) is 6.20 Å². The molecule has 2 aromatic heterocycles. The third-order valence-corrected chi connectivity index (χ3v) is 5.51. The van der Waals surface area contributed by atoms with Gasteiger partial charge in [-0.1, -0.05) is 23.7 Å². The Morgan fingerprint density at radius 2 is 2.04 bits per heavy atom. The maximum Gasteiger partial charge on any atom is 0.170 e. The molecule has 144 valence electrons. The first-order valence-corrected chi connectivity index (χ1v) is 10.00. The summed E-state index contributed by atoms with van der Waals surface area (Å²) in [5.41, 5.74) is 3.01. The van der Waals surface area contributed by atoms with Crippen LogP contribution in [0.5, 0.6) is 0 Å². The minimum atomic E-state index is -0.0831. The Morgan fingerprint density at radius 3 is 2.79 bits per heavy atom. The molecule has 3 aromatic rings. The van der Waals surface area contributed by atoms with Crippen molar-refractivity contribution < 1.29 is 5.11 Å². The van der Waals surface area contributed by atoms with Crippen LogP contribution in [0.25, 0.3) is 5.69 Å². The van der Waals surface area contributed by atoms with Crippen LogP contribution >= 0.6 is 23.8 Å². The SMILES string of the molecule is OCCCN1C(=S)N[C@@H](c2ccccn2)[C@@H]1c1cccn1-c1cccc(Cl)c1. The molecular formula is C21H21ClN4OS. The molecule has 2 N–H and O–H groups in total. The number of nitrogens with zero attached hydrogens (tertiary/aromatic N) is 3. The highest BCUT2D eigenvalue weighted by Gasteiger charge is 2.40. The molecule has 0 aliphatic carbocycles. The minimum absolute atomic E-state index is 0.0528. The first-order chi connectivity index (χ1) is 13.7. The summed E-state index contributed by atoms with van der Waals surface area (Å²) in [5.74, 6) is 0. The van der Waals surface area contributed by atoms with Gasteiger partial charge in [-0.2, -0.15) is 0 Å². The maximum atomic E-state index is 9.35. The summed E-state index contributed by atoms with van der Waals surface area (Å²) in [7, 11) is 0. The number of aromatic nitrogens is 2. The lowest BCUT2D eigenvalue weighted by Crippen LogP contribution is -2.31. The summed E-state index contributed by atoms with van der Waals surface area (Å²) in [6.07, 6.45) is 4.47. The second kappa shape index (κ2) is 8.31. The molecular weight excluding hydrogens is 392 g/mol. The van der Waals surface area contributed by atoms with Crippen molar-refractivity contribution in [3.05, 3.63) is 83.4 Å². The molecule has 0 radical (unpaired) electrons. The molecule has 0 unspecified atom stereocenters. The summed E-state index contributed by atoms with van der Waals surface area (Å²) in [6.45, 7) is 0.784. The predicted octanol–water partition coefficient (Wildman–Crippen LogP) is 3.88. The number of hydrogen-bond donors (Lipinski definition) is 2. The average Bonchev–Trinajstić information content (AvgIpc) is 3.31. The predicted molar refractivity (Wildman–Crippen MR) is 115 cm³/mol. The van der Waals surface area contributed by atoms with Crippen LogP contribution in [0.3, 0.4) is 0 Å². The average molecular weight is 413 g/mol. The van der Waals surface area contributed by atoms with Crippen molar-refractivity contribution in [3.63, 3.8) is 0 Å². The lowest BCUT2D eigenvalue weighted by atomic mass is 10.0. The minimum Gasteiger partial charge on any atom is -0.396 e. The fourth-order valence-corrected chi connectivity index (χ4v) is 4.22. The van der Waals surface area contributed by atoms with E-state index in [2.05, 4.69) is 25.8 Å². The van der Waals surface area contributed by atoms with Crippen molar-refractivity contribution in [3.8, 4) is 5.69 Å². The summed E-state index contributed by atoms with van der Waals surface area (Å²) >= 11 is 11.9. The number of benzene rings is 1. The summed E-state index contributed by atoms with van der Waals surface area (Å²) < 4.78 is 2.13. The Hall–Kier alpha value is -2.41. The van der Waals surface area contributed by atoms with Gasteiger partial charge in [0, 0.05) is 41.9 Å². The van der Waals surface area contributed by atoms with Gasteiger partial charge in [-0.25, -0.2) is 0 Å². The van der Waals surface area contributed by atoms with Crippen LogP contribution in [0.1, 0.15) is 29.9 Å². The number of hydrogen-bond acceptors (Lipinski definition) is 3. The second-order valence-electron chi connectivity index (χ2n) is 6.68. The molecule has 3 heterocycles. The van der Waals surface area contributed by atoms with Crippen molar-refractivity contribution in [1.82, 2.24) is 19.8 Å². The van der Waals surface area contributed by atoms with Gasteiger partial charge in [0.15, 0.2) is 5.11 Å². The largest absolute Gasteiger partial charge is 0.396 e. The van der Waals surface area contributed by atoms with Crippen molar-refractivity contribution in [2.45, 2.75) is 18.5 Å². The maximum absolute atomic E-state index is 9.35. The zero-order chi connectivity index (χ0) is 19.5. The fourth-order valence-electron chi connectivity index (χ4n) is 3.71. The van der Waals surface area contributed by atoms with Crippen LogP contribution in [0, 0.1) is 0 Å². The van der Waals surface area contributed by atoms with Gasteiger partial charge in [-0.15, -0.1) is 0 Å². The van der Waals surface area contributed by atoms with Crippen molar-refractivity contribution in [2.75, 3.05) is 13.2 Å². The normalized spacial score (nSPS) is 19.1. The van der Waals surface area contributed by atoms with Crippen LogP contribution in [-0.4, -0.2) is 37.8 Å². The Labute approximate surface area is 174 Å². The highest BCUT2D eigenvalue weighted by atomic mass is 35.5. The number of rotatable bonds is 6. The van der Waals surface area contributed by atoms with E-state index < -0.39 is 0 Å². The van der Waals surface area contributed by atoms with Gasteiger partial charge in [0.1, 0.15) is 0 Å². The number of nitrogens with one attached hydrogen (secondary N) is 1. The lowest BCUT2D eigenvalue weighted by Gasteiger charge is -2.28. The number of pyridine rings is 1. The molecule has 1 aliphatic rings. The zero-order valence-electron chi connectivity index (χ0n) is 15.2. The zero-order valence-corrected chi connectivity index (χ0v) is 16.8. The molecule has 0 spiro atoms. The number of aliphatic hydroxyl groups is 1. The van der Waals surface area contributed by atoms with E-state index in [0.717, 1.165) is 17.1 Å². The first-order valence-electron chi connectivity index (χ1n) is 9.21. The Bertz CT molecular complexity index is 962. The molecule has 5 nitrogen and oxygen atoms in total. The third kappa shape index (κ3) is 3.63. The van der Waals surface area contributed by atoms with E-state index in [4.69, 9.17) is 23.8 Å². The quantitative estimate of drug-likeness (QED) is 0.602. The van der Waals surface area contributed by atoms with Gasteiger partial charge < -0.3 is 19.9 Å². The molecule has 7 heteroatoms. The molecule has 0 saturated carbocycles. The molecule has 0 bridgehead atoms. The summed E-state index contributed by atoms with van der Waals surface area (Å²) in [4.78, 5) is 6.70. The fraction of sp³-hybridized carbons (Fsp3) is 0.238. The van der Waals surface area contributed by atoms with Gasteiger partial charge in [-0.3, -0.25) is 4.98 Å². The Balaban J connectivity index is 1.79. The number of aliphatic hydroxyl groups excluding tert-OH is 1. The molecule has 1 saturated heterocycles. The van der Waals surface area contributed by atoms with Gasteiger partial charge >= 0.3 is 0 Å². The van der Waals surface area contributed by atoms with Gasteiger partial charge in [0.2, 0.25) is 0 Å². The van der Waals surface area contributed by atoms with E-state index >= 15 is 0 Å². The lowest BCUT2D eigenvalue weighted by molar-refractivity contribution is 0.245. The van der Waals surface area contributed by atoms with E-state index in [1.165, 1.54) is 0 Å². The molecule has 2 atom stereocenters.